The van der Waals surface area contributed by atoms with Crippen LogP contribution in [0.4, 0.5) is 0 Å². The largest absolute Gasteiger partial charge is 0.355 e. The Morgan fingerprint density at radius 1 is 1.18 bits per heavy atom. The minimum atomic E-state index is -0.955. The predicted octanol–water partition coefficient (Wildman–Crippen LogP) is 0.657. The summed E-state index contributed by atoms with van der Waals surface area (Å²) in [5, 5.41) is 3.08. The Hall–Kier alpha value is -2.70. The number of hydroxylamine groups is 2. The molecule has 114 valence electrons. The zero-order valence-electron chi connectivity index (χ0n) is 11.9. The van der Waals surface area contributed by atoms with Gasteiger partial charge in [0.25, 0.3) is 11.8 Å². The van der Waals surface area contributed by atoms with Gasteiger partial charge >= 0.3 is 5.97 Å². The van der Waals surface area contributed by atoms with E-state index in [1.54, 1.807) is 19.1 Å². The summed E-state index contributed by atoms with van der Waals surface area (Å²) in [4.78, 5) is 52.8. The number of imide groups is 1. The van der Waals surface area contributed by atoms with Crippen LogP contribution in [-0.2, 0) is 14.4 Å². The number of piperidine rings is 1. The van der Waals surface area contributed by atoms with E-state index in [0.717, 1.165) is 0 Å². The van der Waals surface area contributed by atoms with Crippen molar-refractivity contribution in [2.75, 3.05) is 6.54 Å². The zero-order chi connectivity index (χ0) is 15.9. The molecule has 2 aliphatic heterocycles. The number of carbonyl (C=O) groups is 4. The molecule has 0 aliphatic carbocycles. The summed E-state index contributed by atoms with van der Waals surface area (Å²) in [6, 6.07) is 6.28. The number of hydrogen-bond acceptors (Lipinski definition) is 5. The number of rotatable bonds is 2. The summed E-state index contributed by atoms with van der Waals surface area (Å²) in [6.45, 7) is 1.75. The number of nitrogens with zero attached hydrogens (tertiary/aromatic N) is 1. The molecule has 2 aliphatic rings. The van der Waals surface area contributed by atoms with Crippen LogP contribution < -0.4 is 5.32 Å². The number of carbonyl (C=O) groups excluding carboxylic acids is 4. The highest BCUT2D eigenvalue weighted by Gasteiger charge is 2.44. The van der Waals surface area contributed by atoms with Crippen LogP contribution in [-0.4, -0.2) is 35.3 Å². The lowest BCUT2D eigenvalue weighted by Crippen LogP contribution is -2.49. The van der Waals surface area contributed by atoms with Crippen molar-refractivity contribution in [3.8, 4) is 0 Å². The molecule has 1 atom stereocenters. The van der Waals surface area contributed by atoms with Gasteiger partial charge in [0, 0.05) is 13.0 Å². The molecule has 2 heterocycles. The van der Waals surface area contributed by atoms with Crippen LogP contribution in [0.1, 0.15) is 40.5 Å². The van der Waals surface area contributed by atoms with E-state index in [-0.39, 0.29) is 30.0 Å². The second kappa shape index (κ2) is 4.94. The third-order valence-corrected chi connectivity index (χ3v) is 4.00. The number of benzene rings is 1. The summed E-state index contributed by atoms with van der Waals surface area (Å²) in [6.07, 6.45) is 0.508. The van der Waals surface area contributed by atoms with E-state index < -0.39 is 23.2 Å². The van der Waals surface area contributed by atoms with Crippen molar-refractivity contribution in [2.45, 2.75) is 19.8 Å². The van der Waals surface area contributed by atoms with Crippen LogP contribution in [0, 0.1) is 5.41 Å². The molecule has 3 amide bonds. The van der Waals surface area contributed by atoms with Gasteiger partial charge in [-0.3, -0.25) is 14.4 Å². The number of fused-ring (bicyclic) bond motifs is 1. The molecule has 1 saturated heterocycles. The monoisotopic (exact) mass is 302 g/mol. The number of amides is 3. The number of nitrogens with one attached hydrogen (secondary N) is 1. The highest BCUT2D eigenvalue weighted by molar-refractivity contribution is 6.20. The molecule has 22 heavy (non-hydrogen) atoms. The Labute approximate surface area is 126 Å². The summed E-state index contributed by atoms with van der Waals surface area (Å²) in [5.41, 5.74) is -0.534. The Morgan fingerprint density at radius 2 is 1.77 bits per heavy atom. The molecule has 0 spiro atoms. The molecule has 7 heteroatoms. The third-order valence-electron chi connectivity index (χ3n) is 4.00. The number of hydrogen-bond donors (Lipinski definition) is 1. The third kappa shape index (κ3) is 2.14. The van der Waals surface area contributed by atoms with Crippen molar-refractivity contribution in [3.05, 3.63) is 35.4 Å². The quantitative estimate of drug-likeness (QED) is 0.810. The minimum absolute atomic E-state index is 0.119. The predicted molar refractivity (Wildman–Crippen MR) is 73.4 cm³/mol. The van der Waals surface area contributed by atoms with Crippen LogP contribution in [0.3, 0.4) is 0 Å². The SMILES string of the molecule is CC1(C(=O)ON2C(=O)c3ccccc3C2=O)CCC(=O)NC1. The van der Waals surface area contributed by atoms with Crippen molar-refractivity contribution in [3.63, 3.8) is 0 Å². The second-order valence-corrected chi connectivity index (χ2v) is 5.67. The zero-order valence-corrected chi connectivity index (χ0v) is 11.9. The van der Waals surface area contributed by atoms with Gasteiger partial charge in [0.15, 0.2) is 0 Å². The molecule has 1 aromatic rings. The fraction of sp³-hybridized carbons (Fsp3) is 0.333. The van der Waals surface area contributed by atoms with Crippen molar-refractivity contribution < 1.29 is 24.0 Å². The summed E-state index contributed by atoms with van der Waals surface area (Å²) in [5.74, 6) is -2.15. The fourth-order valence-corrected chi connectivity index (χ4v) is 2.48. The van der Waals surface area contributed by atoms with E-state index in [2.05, 4.69) is 5.32 Å². The molecule has 0 aromatic heterocycles. The highest BCUT2D eigenvalue weighted by Crippen LogP contribution is 2.30. The first-order chi connectivity index (χ1) is 10.4. The van der Waals surface area contributed by atoms with E-state index in [4.69, 9.17) is 4.84 Å². The molecular weight excluding hydrogens is 288 g/mol. The van der Waals surface area contributed by atoms with Gasteiger partial charge in [0.05, 0.1) is 16.5 Å². The van der Waals surface area contributed by atoms with Crippen LogP contribution in [0.25, 0.3) is 0 Å². The molecule has 3 rings (SSSR count). The van der Waals surface area contributed by atoms with Gasteiger partial charge in [0.1, 0.15) is 0 Å². The Morgan fingerprint density at radius 3 is 2.27 bits per heavy atom. The first kappa shape index (κ1) is 14.2. The smallest absolute Gasteiger partial charge is 0.340 e. The molecule has 1 aromatic carbocycles. The van der Waals surface area contributed by atoms with Crippen molar-refractivity contribution in [1.82, 2.24) is 10.4 Å². The van der Waals surface area contributed by atoms with Crippen molar-refractivity contribution in [2.24, 2.45) is 5.41 Å². The van der Waals surface area contributed by atoms with E-state index >= 15 is 0 Å². The van der Waals surface area contributed by atoms with Gasteiger partial charge in [-0.05, 0) is 25.5 Å². The fourth-order valence-electron chi connectivity index (χ4n) is 2.48. The lowest BCUT2D eigenvalue weighted by molar-refractivity contribution is -0.181. The van der Waals surface area contributed by atoms with Crippen LogP contribution >= 0.6 is 0 Å². The van der Waals surface area contributed by atoms with Gasteiger partial charge in [0.2, 0.25) is 5.91 Å². The maximum absolute atomic E-state index is 12.3. The summed E-state index contributed by atoms with van der Waals surface area (Å²) >= 11 is 0. The van der Waals surface area contributed by atoms with E-state index in [1.807, 2.05) is 0 Å². The highest BCUT2D eigenvalue weighted by atomic mass is 16.7. The Bertz CT molecular complexity index is 652. The minimum Gasteiger partial charge on any atom is -0.355 e. The van der Waals surface area contributed by atoms with E-state index in [1.165, 1.54) is 12.1 Å². The van der Waals surface area contributed by atoms with Gasteiger partial charge < -0.3 is 10.2 Å². The van der Waals surface area contributed by atoms with E-state index in [9.17, 15) is 19.2 Å². The van der Waals surface area contributed by atoms with Gasteiger partial charge in [-0.15, -0.1) is 0 Å². The molecule has 1 unspecified atom stereocenters. The first-order valence-electron chi connectivity index (χ1n) is 6.89. The molecular formula is C15H14N2O5. The maximum Gasteiger partial charge on any atom is 0.340 e. The molecule has 0 saturated carbocycles. The molecule has 7 nitrogen and oxygen atoms in total. The van der Waals surface area contributed by atoms with Crippen LogP contribution in [0.15, 0.2) is 24.3 Å². The van der Waals surface area contributed by atoms with Gasteiger partial charge in [-0.2, -0.15) is 0 Å². The summed E-state index contributed by atoms with van der Waals surface area (Å²) in [7, 11) is 0. The lowest BCUT2D eigenvalue weighted by atomic mass is 9.83. The average molecular weight is 302 g/mol. The second-order valence-electron chi connectivity index (χ2n) is 5.67. The average Bonchev–Trinajstić information content (AvgIpc) is 2.76. The normalized spacial score (nSPS) is 24.0. The molecule has 1 N–H and O–H groups in total. The lowest BCUT2D eigenvalue weighted by Gasteiger charge is -2.31. The Balaban J connectivity index is 1.77. The molecule has 1 fully saturated rings. The van der Waals surface area contributed by atoms with Crippen LogP contribution in [0.5, 0.6) is 0 Å². The summed E-state index contributed by atoms with van der Waals surface area (Å²) < 4.78 is 0. The van der Waals surface area contributed by atoms with E-state index in [0.29, 0.717) is 11.5 Å². The topological polar surface area (TPSA) is 92.8 Å². The van der Waals surface area contributed by atoms with Crippen molar-refractivity contribution in [1.29, 1.82) is 0 Å². The standard InChI is InChI=1S/C15H14N2O5/c1-15(7-6-11(18)16-8-15)14(21)22-17-12(19)9-4-2-3-5-10(9)13(17)20/h2-5H,6-8H2,1H3,(H,16,18). The first-order valence-corrected chi connectivity index (χ1v) is 6.89. The van der Waals surface area contributed by atoms with Gasteiger partial charge in [-0.25, -0.2) is 4.79 Å². The molecule has 0 bridgehead atoms. The maximum atomic E-state index is 12.3. The van der Waals surface area contributed by atoms with Crippen molar-refractivity contribution >= 4 is 23.7 Å². The Kier molecular flexibility index (Phi) is 3.20. The van der Waals surface area contributed by atoms with Gasteiger partial charge in [-0.1, -0.05) is 17.2 Å². The van der Waals surface area contributed by atoms with Crippen LogP contribution in [0.2, 0.25) is 0 Å². The molecule has 0 radical (unpaired) electrons.